The molecule has 0 amide bonds. The van der Waals surface area contributed by atoms with Crippen molar-refractivity contribution in [3.05, 3.63) is 81.9 Å². The van der Waals surface area contributed by atoms with E-state index in [0.29, 0.717) is 5.56 Å². The Morgan fingerprint density at radius 3 is 2.58 bits per heavy atom. The molecular weight excluding hydrogens is 328 g/mol. The van der Waals surface area contributed by atoms with Crippen molar-refractivity contribution in [3.63, 3.8) is 0 Å². The van der Waals surface area contributed by atoms with E-state index >= 15 is 0 Å². The number of nitrogens with one attached hydrogen (secondary N) is 1. The number of nitrogens with zero attached hydrogens (tertiary/aromatic N) is 3. The van der Waals surface area contributed by atoms with Crippen molar-refractivity contribution in [1.29, 1.82) is 5.26 Å². The number of nitriles is 1. The first-order valence-corrected chi connectivity index (χ1v) is 8.64. The highest BCUT2D eigenvalue weighted by molar-refractivity contribution is 5.68. The highest BCUT2D eigenvalue weighted by Gasteiger charge is 2.23. The van der Waals surface area contributed by atoms with Crippen LogP contribution in [0.25, 0.3) is 5.70 Å². The van der Waals surface area contributed by atoms with E-state index in [4.69, 9.17) is 5.26 Å². The minimum absolute atomic E-state index is 0.0414. The summed E-state index contributed by atoms with van der Waals surface area (Å²) in [5.74, 6) is 0. The van der Waals surface area contributed by atoms with Crippen molar-refractivity contribution < 1.29 is 9.82 Å². The van der Waals surface area contributed by atoms with Crippen LogP contribution < -0.4 is 4.90 Å². The zero-order valence-corrected chi connectivity index (χ0v) is 14.5. The summed E-state index contributed by atoms with van der Waals surface area (Å²) in [5.41, 5.74) is 2.84. The molecule has 2 aromatic rings. The smallest absolute Gasteiger partial charge is 0.270 e. The molecule has 6 nitrogen and oxygen atoms in total. The number of nitro benzene ring substituents is 1. The van der Waals surface area contributed by atoms with Crippen molar-refractivity contribution in [3.8, 4) is 6.07 Å². The van der Waals surface area contributed by atoms with Crippen LogP contribution in [0.4, 0.5) is 5.69 Å². The van der Waals surface area contributed by atoms with Crippen LogP contribution in [0.2, 0.25) is 0 Å². The maximum absolute atomic E-state index is 11.0. The normalized spacial score (nSPS) is 15.5. The summed E-state index contributed by atoms with van der Waals surface area (Å²) in [4.78, 5) is 14.3. The fraction of sp³-hybridized carbons (Fsp3) is 0.250. The van der Waals surface area contributed by atoms with Crippen LogP contribution in [-0.4, -0.2) is 36.0 Å². The third kappa shape index (κ3) is 4.26. The number of non-ortho nitro benzene ring substituents is 1. The highest BCUT2D eigenvalue weighted by atomic mass is 16.6. The summed E-state index contributed by atoms with van der Waals surface area (Å²) in [6, 6.07) is 19.0. The van der Waals surface area contributed by atoms with Gasteiger partial charge in [0, 0.05) is 29.3 Å². The first kappa shape index (κ1) is 17.6. The molecule has 1 heterocycles. The van der Waals surface area contributed by atoms with E-state index in [2.05, 4.69) is 35.2 Å². The molecule has 3 rings (SSSR count). The maximum atomic E-state index is 11.0. The van der Waals surface area contributed by atoms with E-state index < -0.39 is 4.92 Å². The van der Waals surface area contributed by atoms with Crippen molar-refractivity contribution in [2.45, 2.75) is 6.54 Å². The van der Waals surface area contributed by atoms with Crippen LogP contribution in [0, 0.1) is 21.4 Å². The predicted octanol–water partition coefficient (Wildman–Crippen LogP) is 1.86. The molecule has 1 aliphatic heterocycles. The molecule has 26 heavy (non-hydrogen) atoms. The molecule has 0 atom stereocenters. The Balaban J connectivity index is 1.69. The fourth-order valence-corrected chi connectivity index (χ4v) is 3.32. The molecule has 0 unspecified atom stereocenters. The number of nitro groups is 1. The second-order valence-corrected chi connectivity index (χ2v) is 6.37. The van der Waals surface area contributed by atoms with Gasteiger partial charge < -0.3 is 9.80 Å². The molecule has 1 aliphatic rings. The van der Waals surface area contributed by atoms with Crippen LogP contribution in [0.15, 0.2) is 60.7 Å². The Morgan fingerprint density at radius 1 is 1.19 bits per heavy atom. The minimum Gasteiger partial charge on any atom is -0.359 e. The Labute approximate surface area is 152 Å². The summed E-state index contributed by atoms with van der Waals surface area (Å²) >= 11 is 0. The highest BCUT2D eigenvalue weighted by Crippen LogP contribution is 2.23. The van der Waals surface area contributed by atoms with Crippen molar-refractivity contribution in [2.24, 2.45) is 0 Å². The molecule has 0 aromatic heterocycles. The number of allylic oxidation sites excluding steroid dienone is 1. The van der Waals surface area contributed by atoms with Gasteiger partial charge in [0.05, 0.1) is 42.9 Å². The molecule has 0 radical (unpaired) electrons. The van der Waals surface area contributed by atoms with Gasteiger partial charge >= 0.3 is 0 Å². The summed E-state index contributed by atoms with van der Waals surface area (Å²) in [7, 11) is 0. The third-order valence-electron chi connectivity index (χ3n) is 4.66. The lowest BCUT2D eigenvalue weighted by atomic mass is 10.1. The number of hydrogen-bond acceptors (Lipinski definition) is 4. The summed E-state index contributed by atoms with van der Waals surface area (Å²) in [6.45, 7) is 4.55. The lowest BCUT2D eigenvalue weighted by molar-refractivity contribution is -0.917. The number of piperazine rings is 1. The lowest BCUT2D eigenvalue weighted by Crippen LogP contribution is -3.13. The molecular formula is C20H21N4O2+. The SMILES string of the molecule is N#C/C=C(\c1cccc([N+](=O)[O-])c1)N1CC[NH+](Cc2ccccc2)CC1. The van der Waals surface area contributed by atoms with E-state index in [1.54, 1.807) is 6.07 Å². The predicted molar refractivity (Wildman–Crippen MR) is 99.1 cm³/mol. The molecule has 132 valence electrons. The van der Waals surface area contributed by atoms with Gasteiger partial charge in [0.2, 0.25) is 0 Å². The number of quaternary nitrogens is 1. The van der Waals surface area contributed by atoms with Crippen molar-refractivity contribution in [2.75, 3.05) is 26.2 Å². The van der Waals surface area contributed by atoms with Gasteiger partial charge in [-0.05, 0) is 0 Å². The monoisotopic (exact) mass is 349 g/mol. The van der Waals surface area contributed by atoms with Crippen LogP contribution in [0.1, 0.15) is 11.1 Å². The Hall–Kier alpha value is -3.17. The van der Waals surface area contributed by atoms with Gasteiger partial charge in [-0.25, -0.2) is 0 Å². The number of rotatable bonds is 5. The molecule has 0 spiro atoms. The van der Waals surface area contributed by atoms with E-state index in [-0.39, 0.29) is 5.69 Å². The average molecular weight is 349 g/mol. The summed E-state index contributed by atoms with van der Waals surface area (Å²) < 4.78 is 0. The van der Waals surface area contributed by atoms with Crippen molar-refractivity contribution in [1.82, 2.24) is 4.90 Å². The molecule has 2 aromatic carbocycles. The molecule has 6 heteroatoms. The molecule has 0 bridgehead atoms. The van der Waals surface area contributed by atoms with E-state index in [1.165, 1.54) is 28.7 Å². The second-order valence-electron chi connectivity index (χ2n) is 6.37. The van der Waals surface area contributed by atoms with E-state index in [0.717, 1.165) is 38.4 Å². The topological polar surface area (TPSA) is 74.6 Å². The lowest BCUT2D eigenvalue weighted by Gasteiger charge is -2.35. The Morgan fingerprint density at radius 2 is 1.92 bits per heavy atom. The molecule has 1 fully saturated rings. The molecule has 1 saturated heterocycles. The summed E-state index contributed by atoms with van der Waals surface area (Å²) in [5, 5.41) is 20.2. The third-order valence-corrected chi connectivity index (χ3v) is 4.66. The number of hydrogen-bond donors (Lipinski definition) is 1. The number of benzene rings is 2. The van der Waals surface area contributed by atoms with Gasteiger partial charge in [-0.3, -0.25) is 10.1 Å². The van der Waals surface area contributed by atoms with Crippen molar-refractivity contribution >= 4 is 11.4 Å². The van der Waals surface area contributed by atoms with Crippen LogP contribution in [-0.2, 0) is 6.54 Å². The van der Waals surface area contributed by atoms with Gasteiger partial charge in [-0.1, -0.05) is 42.5 Å². The van der Waals surface area contributed by atoms with Gasteiger partial charge in [-0.15, -0.1) is 0 Å². The average Bonchev–Trinajstić information content (AvgIpc) is 2.68. The zero-order chi connectivity index (χ0) is 18.4. The van der Waals surface area contributed by atoms with Gasteiger partial charge in [-0.2, -0.15) is 5.26 Å². The van der Waals surface area contributed by atoms with E-state index in [1.807, 2.05) is 12.1 Å². The fourth-order valence-electron chi connectivity index (χ4n) is 3.32. The quantitative estimate of drug-likeness (QED) is 0.508. The molecule has 0 aliphatic carbocycles. The minimum atomic E-state index is -0.407. The van der Waals surface area contributed by atoms with Crippen LogP contribution in [0.5, 0.6) is 0 Å². The van der Waals surface area contributed by atoms with Gasteiger partial charge in [0.25, 0.3) is 5.69 Å². The summed E-state index contributed by atoms with van der Waals surface area (Å²) in [6.07, 6.45) is 1.49. The Bertz CT molecular complexity index is 834. The maximum Gasteiger partial charge on any atom is 0.270 e. The zero-order valence-electron chi connectivity index (χ0n) is 14.5. The molecule has 1 N–H and O–H groups in total. The Kier molecular flexibility index (Phi) is 5.62. The first-order chi connectivity index (χ1) is 12.7. The first-order valence-electron chi connectivity index (χ1n) is 8.64. The van der Waals surface area contributed by atoms with Gasteiger partial charge in [0.1, 0.15) is 6.54 Å². The standard InChI is InChI=1S/C20H20N4O2/c21-10-9-20(18-7-4-8-19(15-18)24(25)26)23-13-11-22(12-14-23)16-17-5-2-1-3-6-17/h1-9,15H,11-14,16H2/p+1/b20-9+. The van der Waals surface area contributed by atoms with E-state index in [9.17, 15) is 10.1 Å². The van der Waals surface area contributed by atoms with Crippen LogP contribution >= 0.6 is 0 Å². The second kappa shape index (κ2) is 8.28. The van der Waals surface area contributed by atoms with Gasteiger partial charge in [0.15, 0.2) is 0 Å². The largest absolute Gasteiger partial charge is 0.359 e. The van der Waals surface area contributed by atoms with Crippen LogP contribution in [0.3, 0.4) is 0 Å². The molecule has 0 saturated carbocycles.